The van der Waals surface area contributed by atoms with E-state index in [9.17, 15) is 22.8 Å². The fourth-order valence-electron chi connectivity index (χ4n) is 4.42. The third-order valence-electron chi connectivity index (χ3n) is 6.64. The maximum Gasteiger partial charge on any atom is 0.422 e. The molecule has 3 aliphatic rings. The second kappa shape index (κ2) is 10.3. The Balaban J connectivity index is 1.18. The van der Waals surface area contributed by atoms with Crippen LogP contribution in [0.4, 0.5) is 13.2 Å². The highest BCUT2D eigenvalue weighted by atomic mass is 19.4. The average molecular weight is 470 g/mol. The molecule has 0 aromatic carbocycles. The van der Waals surface area contributed by atoms with E-state index >= 15 is 0 Å². The number of alkyl halides is 3. The summed E-state index contributed by atoms with van der Waals surface area (Å²) in [7, 11) is 0. The van der Waals surface area contributed by atoms with Crippen LogP contribution >= 0.6 is 0 Å². The summed E-state index contributed by atoms with van der Waals surface area (Å²) in [5.41, 5.74) is 0.295. The quantitative estimate of drug-likeness (QED) is 0.629. The molecule has 0 atom stereocenters. The highest BCUT2D eigenvalue weighted by Gasteiger charge is 2.31. The summed E-state index contributed by atoms with van der Waals surface area (Å²) in [6.45, 7) is 4.55. The van der Waals surface area contributed by atoms with Crippen molar-refractivity contribution in [1.29, 1.82) is 0 Å². The molecule has 2 amide bonds. The third kappa shape index (κ3) is 6.35. The summed E-state index contributed by atoms with van der Waals surface area (Å²) in [5.74, 6) is -0.273. The van der Waals surface area contributed by atoms with Gasteiger partial charge in [0.05, 0.1) is 12.1 Å². The Kier molecular flexibility index (Phi) is 7.38. The van der Waals surface area contributed by atoms with E-state index in [0.717, 1.165) is 26.2 Å². The number of carbonyl (C=O) groups is 2. The summed E-state index contributed by atoms with van der Waals surface area (Å²) in [6, 6.07) is 3.39. The number of halogens is 3. The second-order valence-corrected chi connectivity index (χ2v) is 8.86. The molecular formula is C22H30F3N5O3. The minimum Gasteiger partial charge on any atom is -0.468 e. The fraction of sp³-hybridized carbons (Fsp3) is 0.682. The second-order valence-electron chi connectivity index (χ2n) is 8.86. The zero-order valence-electron chi connectivity index (χ0n) is 18.6. The first-order valence-electron chi connectivity index (χ1n) is 11.5. The van der Waals surface area contributed by atoms with Crippen LogP contribution < -0.4 is 4.74 Å². The molecule has 1 aromatic heterocycles. The van der Waals surface area contributed by atoms with Crippen molar-refractivity contribution in [2.24, 2.45) is 0 Å². The summed E-state index contributed by atoms with van der Waals surface area (Å²) in [6.07, 6.45) is 0.664. The van der Waals surface area contributed by atoms with Crippen molar-refractivity contribution in [1.82, 2.24) is 24.6 Å². The third-order valence-corrected chi connectivity index (χ3v) is 6.64. The SMILES string of the molecule is O=C(CN1CCN(C(=O)c2ccc(OCC(F)(F)F)nc2)CC1)N1CCN(C2CCC2)CC1. The molecule has 3 heterocycles. The highest BCUT2D eigenvalue weighted by Crippen LogP contribution is 2.25. The molecule has 2 aliphatic heterocycles. The number of carbonyl (C=O) groups excluding carboxylic acids is 2. The molecule has 0 unspecified atom stereocenters. The van der Waals surface area contributed by atoms with Crippen molar-refractivity contribution in [3.63, 3.8) is 0 Å². The molecular weight excluding hydrogens is 439 g/mol. The van der Waals surface area contributed by atoms with Gasteiger partial charge in [-0.2, -0.15) is 13.2 Å². The molecule has 11 heteroatoms. The Morgan fingerprint density at radius 1 is 0.970 bits per heavy atom. The van der Waals surface area contributed by atoms with Gasteiger partial charge in [0, 0.05) is 70.7 Å². The number of pyridine rings is 1. The zero-order chi connectivity index (χ0) is 23.4. The summed E-state index contributed by atoms with van der Waals surface area (Å²) < 4.78 is 41.2. The summed E-state index contributed by atoms with van der Waals surface area (Å²) in [5, 5.41) is 0. The predicted molar refractivity (Wildman–Crippen MR) is 114 cm³/mol. The molecule has 1 aliphatic carbocycles. The van der Waals surface area contributed by atoms with Gasteiger partial charge in [-0.05, 0) is 18.9 Å². The first-order valence-corrected chi connectivity index (χ1v) is 11.5. The van der Waals surface area contributed by atoms with E-state index in [1.54, 1.807) is 4.90 Å². The van der Waals surface area contributed by atoms with Crippen molar-refractivity contribution in [3.05, 3.63) is 23.9 Å². The average Bonchev–Trinajstić information content (AvgIpc) is 2.77. The highest BCUT2D eigenvalue weighted by molar-refractivity contribution is 5.94. The largest absolute Gasteiger partial charge is 0.468 e. The topological polar surface area (TPSA) is 69.2 Å². The molecule has 2 saturated heterocycles. The molecule has 0 radical (unpaired) electrons. The smallest absolute Gasteiger partial charge is 0.422 e. The number of amides is 2. The van der Waals surface area contributed by atoms with Gasteiger partial charge in [0.2, 0.25) is 11.8 Å². The number of nitrogens with zero attached hydrogens (tertiary/aromatic N) is 5. The normalized spacial score (nSPS) is 21.1. The number of rotatable bonds is 6. The number of hydrogen-bond acceptors (Lipinski definition) is 6. The summed E-state index contributed by atoms with van der Waals surface area (Å²) >= 11 is 0. The van der Waals surface area contributed by atoms with Crippen LogP contribution in [0.3, 0.4) is 0 Å². The first kappa shape index (κ1) is 23.7. The van der Waals surface area contributed by atoms with E-state index in [2.05, 4.69) is 19.5 Å². The van der Waals surface area contributed by atoms with E-state index in [1.165, 1.54) is 37.6 Å². The van der Waals surface area contributed by atoms with Crippen molar-refractivity contribution in [2.45, 2.75) is 31.5 Å². The van der Waals surface area contributed by atoms with Gasteiger partial charge in [-0.15, -0.1) is 0 Å². The fourth-order valence-corrected chi connectivity index (χ4v) is 4.42. The minimum atomic E-state index is -4.44. The number of ether oxygens (including phenoxy) is 1. The van der Waals surface area contributed by atoms with Crippen molar-refractivity contribution >= 4 is 11.8 Å². The lowest BCUT2D eigenvalue weighted by Gasteiger charge is -2.43. The van der Waals surface area contributed by atoms with E-state index in [0.29, 0.717) is 44.3 Å². The number of aromatic nitrogens is 1. The molecule has 4 rings (SSSR count). The lowest BCUT2D eigenvalue weighted by atomic mass is 9.91. The van der Waals surface area contributed by atoms with Crippen molar-refractivity contribution in [2.75, 3.05) is 65.5 Å². The van der Waals surface area contributed by atoms with Crippen LogP contribution in [0.2, 0.25) is 0 Å². The lowest BCUT2D eigenvalue weighted by Crippen LogP contribution is -2.56. The predicted octanol–water partition coefficient (Wildman–Crippen LogP) is 1.48. The minimum absolute atomic E-state index is 0.140. The van der Waals surface area contributed by atoms with Crippen molar-refractivity contribution < 1.29 is 27.5 Å². The van der Waals surface area contributed by atoms with Gasteiger partial charge in [-0.1, -0.05) is 6.42 Å². The molecule has 182 valence electrons. The monoisotopic (exact) mass is 469 g/mol. The Morgan fingerprint density at radius 2 is 1.64 bits per heavy atom. The maximum atomic E-state index is 12.7. The van der Waals surface area contributed by atoms with Gasteiger partial charge in [0.25, 0.3) is 5.91 Å². The van der Waals surface area contributed by atoms with E-state index in [4.69, 9.17) is 0 Å². The van der Waals surface area contributed by atoms with Crippen molar-refractivity contribution in [3.8, 4) is 5.88 Å². The van der Waals surface area contributed by atoms with Crippen LogP contribution in [0.15, 0.2) is 18.3 Å². The molecule has 33 heavy (non-hydrogen) atoms. The van der Waals surface area contributed by atoms with Crippen LogP contribution in [-0.2, 0) is 4.79 Å². The van der Waals surface area contributed by atoms with E-state index < -0.39 is 12.8 Å². The van der Waals surface area contributed by atoms with Gasteiger partial charge >= 0.3 is 6.18 Å². The van der Waals surface area contributed by atoms with Gasteiger partial charge < -0.3 is 14.5 Å². The number of piperazine rings is 2. The molecule has 0 N–H and O–H groups in total. The Morgan fingerprint density at radius 3 is 2.18 bits per heavy atom. The van der Waals surface area contributed by atoms with Crippen LogP contribution in [0, 0.1) is 0 Å². The molecule has 8 nitrogen and oxygen atoms in total. The Labute approximate surface area is 191 Å². The first-order chi connectivity index (χ1) is 15.8. The van der Waals surface area contributed by atoms with Crippen LogP contribution in [0.25, 0.3) is 0 Å². The van der Waals surface area contributed by atoms with E-state index in [-0.39, 0.29) is 17.7 Å². The van der Waals surface area contributed by atoms with Gasteiger partial charge in [0.15, 0.2) is 6.61 Å². The lowest BCUT2D eigenvalue weighted by molar-refractivity contribution is -0.154. The van der Waals surface area contributed by atoms with Crippen LogP contribution in [0.5, 0.6) is 5.88 Å². The van der Waals surface area contributed by atoms with Gasteiger partial charge in [-0.3, -0.25) is 19.4 Å². The molecule has 1 saturated carbocycles. The van der Waals surface area contributed by atoms with Crippen LogP contribution in [-0.4, -0.2) is 114 Å². The Bertz CT molecular complexity index is 816. The molecule has 0 spiro atoms. The molecule has 3 fully saturated rings. The zero-order valence-corrected chi connectivity index (χ0v) is 18.6. The van der Waals surface area contributed by atoms with E-state index in [1.807, 2.05) is 4.90 Å². The Hall–Kier alpha value is -2.40. The summed E-state index contributed by atoms with van der Waals surface area (Å²) in [4.78, 5) is 37.4. The van der Waals surface area contributed by atoms with Crippen LogP contribution in [0.1, 0.15) is 29.6 Å². The number of hydrogen-bond donors (Lipinski definition) is 0. The standard InChI is InChI=1S/C22H30F3N5O3/c23-22(24,25)16-33-19-5-4-17(14-26-19)21(32)30-8-6-27(7-9-30)15-20(31)29-12-10-28(11-13-29)18-2-1-3-18/h4-5,14,18H,1-3,6-13,15-16H2. The maximum absolute atomic E-state index is 12.7. The molecule has 0 bridgehead atoms. The van der Waals surface area contributed by atoms with Gasteiger partial charge in [0.1, 0.15) is 0 Å². The van der Waals surface area contributed by atoms with Gasteiger partial charge in [-0.25, -0.2) is 4.98 Å². The molecule has 1 aromatic rings.